The van der Waals surface area contributed by atoms with Crippen molar-refractivity contribution in [2.24, 2.45) is 0 Å². The van der Waals surface area contributed by atoms with E-state index in [4.69, 9.17) is 33.7 Å². The number of nitrogens with one attached hydrogen (secondary N) is 2. The Balaban J connectivity index is 1.45. The maximum absolute atomic E-state index is 13.9. The minimum absolute atomic E-state index is 0.0504. The topological polar surface area (TPSA) is 122 Å². The van der Waals surface area contributed by atoms with Gasteiger partial charge in [-0.25, -0.2) is 4.39 Å². The maximum atomic E-state index is 13.9. The average Bonchev–Trinajstić information content (AvgIpc) is 2.87. The number of nitrogens with zero attached hydrogens (tertiary/aromatic N) is 3. The largest absolute Gasteiger partial charge is 0.482 e. The molecule has 12 heteroatoms. The Bertz CT molecular complexity index is 1350. The smallest absolute Gasteiger partial charge is 0.276 e. The Labute approximate surface area is 229 Å². The predicted octanol–water partition coefficient (Wildman–Crippen LogP) is 4.72. The van der Waals surface area contributed by atoms with E-state index < -0.39 is 17.8 Å². The van der Waals surface area contributed by atoms with Crippen LogP contribution in [0.15, 0.2) is 42.5 Å². The molecular weight excluding hydrogens is 534 g/mol. The molecule has 9 nitrogen and oxygen atoms in total. The molecule has 1 aliphatic heterocycles. The number of rotatable bonds is 6. The molecule has 0 aliphatic carbocycles. The van der Waals surface area contributed by atoms with E-state index in [0.29, 0.717) is 24.3 Å². The van der Waals surface area contributed by atoms with E-state index in [-0.39, 0.29) is 50.9 Å². The highest BCUT2D eigenvalue weighted by atomic mass is 35.5. The average molecular weight is 561 g/mol. The van der Waals surface area contributed by atoms with Gasteiger partial charge in [-0.1, -0.05) is 23.2 Å². The molecule has 3 unspecified atom stereocenters. The third kappa shape index (κ3) is 6.15. The second-order valence-corrected chi connectivity index (χ2v) is 9.99. The lowest BCUT2D eigenvalue weighted by Gasteiger charge is -2.36. The van der Waals surface area contributed by atoms with Gasteiger partial charge in [0.25, 0.3) is 11.8 Å². The van der Waals surface area contributed by atoms with Gasteiger partial charge in [-0.15, -0.1) is 10.2 Å². The van der Waals surface area contributed by atoms with Crippen molar-refractivity contribution in [3.8, 4) is 5.75 Å². The van der Waals surface area contributed by atoms with Gasteiger partial charge in [0.2, 0.25) is 0 Å². The van der Waals surface area contributed by atoms with Gasteiger partial charge in [0, 0.05) is 53.1 Å². The van der Waals surface area contributed by atoms with E-state index >= 15 is 0 Å². The number of nitrogen functional groups attached to an aromatic ring is 1. The quantitative estimate of drug-likeness (QED) is 0.373. The molecule has 4 rings (SSSR count). The van der Waals surface area contributed by atoms with E-state index in [0.717, 1.165) is 6.07 Å². The molecule has 3 atom stereocenters. The summed E-state index contributed by atoms with van der Waals surface area (Å²) in [6.45, 7) is 6.93. The van der Waals surface area contributed by atoms with E-state index in [2.05, 4.69) is 20.8 Å². The molecule has 2 aromatic carbocycles. The monoisotopic (exact) mass is 560 g/mol. The lowest BCUT2D eigenvalue weighted by Crippen LogP contribution is -2.55. The highest BCUT2D eigenvalue weighted by molar-refractivity contribution is 6.36. The molecule has 1 aliphatic rings. The molecule has 38 heavy (non-hydrogen) atoms. The fourth-order valence-corrected chi connectivity index (χ4v) is 5.00. The first-order chi connectivity index (χ1) is 18.0. The number of aromatic nitrogens is 2. The van der Waals surface area contributed by atoms with Crippen molar-refractivity contribution in [1.29, 1.82) is 0 Å². The lowest BCUT2D eigenvalue weighted by molar-refractivity contribution is 0.0673. The Morgan fingerprint density at radius 2 is 1.79 bits per heavy atom. The second kappa shape index (κ2) is 11.5. The predicted molar refractivity (Wildman–Crippen MR) is 144 cm³/mol. The molecule has 1 saturated heterocycles. The summed E-state index contributed by atoms with van der Waals surface area (Å²) in [5.74, 6) is -1.30. The van der Waals surface area contributed by atoms with Crippen molar-refractivity contribution in [2.45, 2.75) is 39.0 Å². The van der Waals surface area contributed by atoms with Crippen molar-refractivity contribution in [1.82, 2.24) is 20.4 Å². The van der Waals surface area contributed by atoms with Crippen molar-refractivity contribution >= 4 is 46.5 Å². The number of hydrogen-bond donors (Lipinski definition) is 3. The third-order valence-electron chi connectivity index (χ3n) is 6.04. The lowest BCUT2D eigenvalue weighted by atomic mass is 10.1. The summed E-state index contributed by atoms with van der Waals surface area (Å²) >= 11 is 12.3. The van der Waals surface area contributed by atoms with Gasteiger partial charge in [0.1, 0.15) is 11.9 Å². The van der Waals surface area contributed by atoms with Crippen molar-refractivity contribution in [3.05, 3.63) is 75.1 Å². The molecule has 0 spiro atoms. The molecule has 0 bridgehead atoms. The van der Waals surface area contributed by atoms with Crippen molar-refractivity contribution in [2.75, 3.05) is 24.1 Å². The molecule has 200 valence electrons. The van der Waals surface area contributed by atoms with Crippen LogP contribution in [-0.2, 0) is 0 Å². The second-order valence-electron chi connectivity index (χ2n) is 9.21. The zero-order chi connectivity index (χ0) is 27.6. The van der Waals surface area contributed by atoms with Crippen molar-refractivity contribution in [3.63, 3.8) is 0 Å². The summed E-state index contributed by atoms with van der Waals surface area (Å²) < 4.78 is 19.8. The number of piperazine rings is 1. The molecule has 1 fully saturated rings. The number of amides is 2. The van der Waals surface area contributed by atoms with Crippen molar-refractivity contribution < 1.29 is 18.7 Å². The number of benzene rings is 2. The van der Waals surface area contributed by atoms with Crippen LogP contribution in [-0.4, -0.2) is 52.1 Å². The van der Waals surface area contributed by atoms with Gasteiger partial charge in [-0.05, 0) is 57.2 Å². The van der Waals surface area contributed by atoms with Crippen LogP contribution in [0.5, 0.6) is 5.75 Å². The van der Waals surface area contributed by atoms with E-state index in [1.807, 2.05) is 18.7 Å². The number of hydrogen-bond acceptors (Lipinski definition) is 7. The van der Waals surface area contributed by atoms with Crippen LogP contribution < -0.4 is 21.1 Å². The molecule has 1 aromatic heterocycles. The van der Waals surface area contributed by atoms with E-state index in [1.165, 1.54) is 12.1 Å². The van der Waals surface area contributed by atoms with Gasteiger partial charge in [-0.2, -0.15) is 0 Å². The molecule has 0 saturated carbocycles. The Morgan fingerprint density at radius 3 is 2.45 bits per heavy atom. The molecule has 2 amide bonds. The number of anilines is 2. The fraction of sp³-hybridized carbons (Fsp3) is 0.308. The van der Waals surface area contributed by atoms with Crippen LogP contribution in [0.1, 0.15) is 53.3 Å². The zero-order valence-corrected chi connectivity index (χ0v) is 22.5. The van der Waals surface area contributed by atoms with Gasteiger partial charge >= 0.3 is 0 Å². The number of ether oxygens (including phenoxy) is 1. The molecular formula is C26H27Cl2FN6O3. The van der Waals surface area contributed by atoms with Gasteiger partial charge in [-0.3, -0.25) is 9.59 Å². The minimum atomic E-state index is -0.806. The SMILES string of the molecule is CC1CN(C(=O)c2ccc(NC(=O)c3cc(OC(C)c4c(Cl)ccc(F)c4Cl)c(N)nn3)cc2)CC(C)N1. The first kappa shape index (κ1) is 27.6. The minimum Gasteiger partial charge on any atom is -0.482 e. The van der Waals surface area contributed by atoms with E-state index in [9.17, 15) is 14.0 Å². The molecule has 3 aromatic rings. The molecule has 0 radical (unpaired) electrons. The fourth-order valence-electron chi connectivity index (χ4n) is 4.32. The summed E-state index contributed by atoms with van der Waals surface area (Å²) in [5.41, 5.74) is 7.04. The summed E-state index contributed by atoms with van der Waals surface area (Å²) in [6, 6.07) is 10.9. The summed E-state index contributed by atoms with van der Waals surface area (Å²) in [4.78, 5) is 27.6. The summed E-state index contributed by atoms with van der Waals surface area (Å²) in [5, 5.41) is 13.8. The van der Waals surface area contributed by atoms with Crippen LogP contribution >= 0.6 is 23.2 Å². The summed E-state index contributed by atoms with van der Waals surface area (Å²) in [6.07, 6.45) is -0.806. The summed E-state index contributed by atoms with van der Waals surface area (Å²) in [7, 11) is 0. The van der Waals surface area contributed by atoms with Crippen LogP contribution in [0.25, 0.3) is 0 Å². The molecule has 2 heterocycles. The number of halogens is 3. The Kier molecular flexibility index (Phi) is 8.35. The first-order valence-electron chi connectivity index (χ1n) is 11.9. The van der Waals surface area contributed by atoms with Crippen LogP contribution in [0.3, 0.4) is 0 Å². The normalized spacial score (nSPS) is 18.1. The first-order valence-corrected chi connectivity index (χ1v) is 12.7. The van der Waals surface area contributed by atoms with Gasteiger partial charge < -0.3 is 26.0 Å². The maximum Gasteiger partial charge on any atom is 0.276 e. The van der Waals surface area contributed by atoms with Gasteiger partial charge in [0.05, 0.1) is 5.02 Å². The highest BCUT2D eigenvalue weighted by Crippen LogP contribution is 2.35. The van der Waals surface area contributed by atoms with Gasteiger partial charge in [0.15, 0.2) is 17.3 Å². The Hall–Kier alpha value is -3.47. The molecule has 4 N–H and O–H groups in total. The van der Waals surface area contributed by atoms with Crippen LogP contribution in [0.2, 0.25) is 10.0 Å². The number of carbonyl (C=O) groups excluding carboxylic acids is 2. The van der Waals surface area contributed by atoms with E-state index in [1.54, 1.807) is 31.2 Å². The van der Waals surface area contributed by atoms with Crippen LogP contribution in [0, 0.1) is 5.82 Å². The van der Waals surface area contributed by atoms with Crippen LogP contribution in [0.4, 0.5) is 15.9 Å². The Morgan fingerprint density at radius 1 is 1.13 bits per heavy atom. The number of nitrogens with two attached hydrogens (primary N) is 1. The standard InChI is InChI=1S/C26H27Cl2FN6O3/c1-13-11-35(12-14(2)31-13)26(37)16-4-6-17(7-5-16)32-25(36)20-10-21(24(30)34-33-20)38-15(3)22-18(27)8-9-19(29)23(22)28/h4-10,13-15,31H,11-12H2,1-3H3,(H2,30,34)(H,32,36). The number of carbonyl (C=O) groups is 2. The zero-order valence-electron chi connectivity index (χ0n) is 21.0. The highest BCUT2D eigenvalue weighted by Gasteiger charge is 2.26. The third-order valence-corrected chi connectivity index (χ3v) is 6.76.